The molecule has 2 rings (SSSR count). The molecule has 4 heteroatoms. The van der Waals surface area contributed by atoms with Crippen molar-refractivity contribution >= 4 is 27.5 Å². The van der Waals surface area contributed by atoms with E-state index in [1.165, 1.54) is 5.56 Å². The zero-order valence-electron chi connectivity index (χ0n) is 10.8. The summed E-state index contributed by atoms with van der Waals surface area (Å²) in [5.41, 5.74) is 2.02. The molecule has 0 saturated heterocycles. The number of pyridine rings is 1. The zero-order chi connectivity index (χ0) is 13.7. The number of aryl methyl sites for hydroxylation is 2. The lowest BCUT2D eigenvalue weighted by Crippen LogP contribution is -2.34. The molecule has 0 bridgehead atoms. The van der Waals surface area contributed by atoms with Gasteiger partial charge in [0, 0.05) is 16.6 Å². The smallest absolute Gasteiger partial charge is 0.230 e. The maximum atomic E-state index is 11.9. The fourth-order valence-corrected chi connectivity index (χ4v) is 2.07. The molecule has 0 aliphatic carbocycles. The molecule has 1 amide bonds. The standard InChI is InChI=1S/C15H15BrN2O/c1-12-6-9-18(10-7-12)11-8-15(19)17-14-5-3-2-4-13(14)16/h2-7,9-10H,8,11H2,1H3/p+1. The first kappa shape index (κ1) is 13.7. The third-order valence-corrected chi connectivity index (χ3v) is 3.49. The van der Waals surface area contributed by atoms with Gasteiger partial charge in [0.15, 0.2) is 18.9 Å². The molecule has 0 spiro atoms. The van der Waals surface area contributed by atoms with Crippen LogP contribution >= 0.6 is 15.9 Å². The van der Waals surface area contributed by atoms with Crippen LogP contribution in [0.3, 0.4) is 0 Å². The summed E-state index contributed by atoms with van der Waals surface area (Å²) in [5.74, 6) is 0.0139. The molecule has 0 fully saturated rings. The topological polar surface area (TPSA) is 33.0 Å². The highest BCUT2D eigenvalue weighted by Crippen LogP contribution is 2.21. The van der Waals surface area contributed by atoms with Gasteiger partial charge in [-0.1, -0.05) is 12.1 Å². The number of anilines is 1. The number of aromatic nitrogens is 1. The van der Waals surface area contributed by atoms with E-state index in [2.05, 4.69) is 21.2 Å². The predicted molar refractivity (Wildman–Crippen MR) is 78.8 cm³/mol. The fraction of sp³-hybridized carbons (Fsp3) is 0.200. The summed E-state index contributed by atoms with van der Waals surface area (Å²) in [4.78, 5) is 11.9. The molecule has 19 heavy (non-hydrogen) atoms. The Balaban J connectivity index is 1.88. The molecule has 0 aliphatic rings. The van der Waals surface area contributed by atoms with E-state index in [4.69, 9.17) is 0 Å². The minimum atomic E-state index is 0.0139. The lowest BCUT2D eigenvalue weighted by molar-refractivity contribution is -0.695. The van der Waals surface area contributed by atoms with Crippen LogP contribution in [0.5, 0.6) is 0 Å². The number of carbonyl (C=O) groups is 1. The molecule has 1 aromatic carbocycles. The van der Waals surface area contributed by atoms with Gasteiger partial charge in [-0.3, -0.25) is 4.79 Å². The zero-order valence-corrected chi connectivity index (χ0v) is 12.4. The average molecular weight is 320 g/mol. The maximum Gasteiger partial charge on any atom is 0.230 e. The molecule has 1 heterocycles. The van der Waals surface area contributed by atoms with E-state index in [1.807, 2.05) is 60.3 Å². The Morgan fingerprint density at radius 2 is 1.89 bits per heavy atom. The third-order valence-electron chi connectivity index (χ3n) is 2.80. The van der Waals surface area contributed by atoms with Crippen LogP contribution in [0, 0.1) is 6.92 Å². The van der Waals surface area contributed by atoms with Crippen LogP contribution in [-0.4, -0.2) is 5.91 Å². The molecule has 0 unspecified atom stereocenters. The summed E-state index contributed by atoms with van der Waals surface area (Å²) in [7, 11) is 0. The number of hydrogen-bond donors (Lipinski definition) is 1. The van der Waals surface area contributed by atoms with E-state index in [0.29, 0.717) is 13.0 Å². The molecular weight excluding hydrogens is 304 g/mol. The number of hydrogen-bond acceptors (Lipinski definition) is 1. The number of halogens is 1. The van der Waals surface area contributed by atoms with Gasteiger partial charge in [-0.15, -0.1) is 0 Å². The van der Waals surface area contributed by atoms with Crippen molar-refractivity contribution in [3.05, 3.63) is 58.8 Å². The van der Waals surface area contributed by atoms with Crippen molar-refractivity contribution in [2.45, 2.75) is 19.9 Å². The Kier molecular flexibility index (Phi) is 4.68. The van der Waals surface area contributed by atoms with Gasteiger partial charge in [-0.05, 0) is 40.5 Å². The molecule has 0 saturated carbocycles. The molecule has 1 N–H and O–H groups in total. The molecule has 98 valence electrons. The Bertz CT molecular complexity index is 567. The molecular formula is C15H16BrN2O+. The second-order valence-corrected chi connectivity index (χ2v) is 5.25. The molecule has 3 nitrogen and oxygen atoms in total. The maximum absolute atomic E-state index is 11.9. The van der Waals surface area contributed by atoms with Gasteiger partial charge in [0.1, 0.15) is 0 Å². The van der Waals surface area contributed by atoms with Crippen LogP contribution in [0.25, 0.3) is 0 Å². The normalized spacial score (nSPS) is 10.2. The lowest BCUT2D eigenvalue weighted by atomic mass is 10.3. The van der Waals surface area contributed by atoms with Gasteiger partial charge in [-0.25, -0.2) is 4.57 Å². The minimum Gasteiger partial charge on any atom is -0.325 e. The number of carbonyl (C=O) groups excluding carboxylic acids is 1. The van der Waals surface area contributed by atoms with E-state index < -0.39 is 0 Å². The monoisotopic (exact) mass is 319 g/mol. The summed E-state index contributed by atoms with van der Waals surface area (Å²) in [6, 6.07) is 11.7. The molecule has 0 radical (unpaired) electrons. The molecule has 1 aromatic heterocycles. The summed E-state index contributed by atoms with van der Waals surface area (Å²) in [6.07, 6.45) is 4.43. The number of amides is 1. The van der Waals surface area contributed by atoms with Crippen LogP contribution < -0.4 is 9.88 Å². The summed E-state index contributed by atoms with van der Waals surface area (Å²) < 4.78 is 2.90. The lowest BCUT2D eigenvalue weighted by Gasteiger charge is -2.05. The fourth-order valence-electron chi connectivity index (χ4n) is 1.69. The van der Waals surface area contributed by atoms with Crippen molar-refractivity contribution in [1.82, 2.24) is 0 Å². The van der Waals surface area contributed by atoms with E-state index in [9.17, 15) is 4.79 Å². The highest BCUT2D eigenvalue weighted by molar-refractivity contribution is 9.10. The second kappa shape index (κ2) is 6.48. The van der Waals surface area contributed by atoms with Crippen LogP contribution in [0.2, 0.25) is 0 Å². The summed E-state index contributed by atoms with van der Waals surface area (Å²) in [6.45, 7) is 2.72. The molecule has 0 aliphatic heterocycles. The average Bonchev–Trinajstić information content (AvgIpc) is 2.41. The van der Waals surface area contributed by atoms with Gasteiger partial charge < -0.3 is 5.32 Å². The van der Waals surface area contributed by atoms with Crippen molar-refractivity contribution < 1.29 is 9.36 Å². The molecule has 2 aromatic rings. The number of benzene rings is 1. The van der Waals surface area contributed by atoms with Crippen LogP contribution in [0.1, 0.15) is 12.0 Å². The quantitative estimate of drug-likeness (QED) is 0.863. The Morgan fingerprint density at radius 3 is 2.58 bits per heavy atom. The SMILES string of the molecule is Cc1cc[n+](CCC(=O)Nc2ccccc2Br)cc1. The number of para-hydroxylation sites is 1. The van der Waals surface area contributed by atoms with Gasteiger partial charge in [0.05, 0.1) is 12.1 Å². The largest absolute Gasteiger partial charge is 0.325 e. The number of nitrogens with one attached hydrogen (secondary N) is 1. The van der Waals surface area contributed by atoms with E-state index in [-0.39, 0.29) is 5.91 Å². The predicted octanol–water partition coefficient (Wildman–Crippen LogP) is 3.07. The van der Waals surface area contributed by atoms with Crippen LogP contribution in [0.4, 0.5) is 5.69 Å². The third kappa shape index (κ3) is 4.17. The highest BCUT2D eigenvalue weighted by Gasteiger charge is 2.08. The highest BCUT2D eigenvalue weighted by atomic mass is 79.9. The molecule has 0 atom stereocenters. The Morgan fingerprint density at radius 1 is 1.21 bits per heavy atom. The number of nitrogens with zero attached hydrogens (tertiary/aromatic N) is 1. The van der Waals surface area contributed by atoms with E-state index in [0.717, 1.165) is 10.2 Å². The van der Waals surface area contributed by atoms with Gasteiger partial charge >= 0.3 is 0 Å². The van der Waals surface area contributed by atoms with Crippen molar-refractivity contribution in [1.29, 1.82) is 0 Å². The van der Waals surface area contributed by atoms with Crippen molar-refractivity contribution in [2.24, 2.45) is 0 Å². The van der Waals surface area contributed by atoms with Crippen molar-refractivity contribution in [3.63, 3.8) is 0 Å². The van der Waals surface area contributed by atoms with Crippen LogP contribution in [0.15, 0.2) is 53.3 Å². The van der Waals surface area contributed by atoms with Gasteiger partial charge in [-0.2, -0.15) is 0 Å². The van der Waals surface area contributed by atoms with Crippen molar-refractivity contribution in [2.75, 3.05) is 5.32 Å². The Labute approximate surface area is 121 Å². The second-order valence-electron chi connectivity index (χ2n) is 4.39. The minimum absolute atomic E-state index is 0.0139. The number of rotatable bonds is 4. The summed E-state index contributed by atoms with van der Waals surface area (Å²) >= 11 is 3.41. The van der Waals surface area contributed by atoms with Gasteiger partial charge in [0.25, 0.3) is 0 Å². The Hall–Kier alpha value is -1.68. The first-order valence-electron chi connectivity index (χ1n) is 6.15. The van der Waals surface area contributed by atoms with E-state index in [1.54, 1.807) is 0 Å². The first-order valence-corrected chi connectivity index (χ1v) is 6.94. The van der Waals surface area contributed by atoms with E-state index >= 15 is 0 Å². The van der Waals surface area contributed by atoms with Gasteiger partial charge in [0.2, 0.25) is 5.91 Å². The van der Waals surface area contributed by atoms with Crippen molar-refractivity contribution in [3.8, 4) is 0 Å². The van der Waals surface area contributed by atoms with Crippen LogP contribution in [-0.2, 0) is 11.3 Å². The first-order chi connectivity index (χ1) is 9.15. The summed E-state index contributed by atoms with van der Waals surface area (Å²) in [5, 5.41) is 2.89.